The van der Waals surface area contributed by atoms with Gasteiger partial charge in [-0.15, -0.1) is 0 Å². The summed E-state index contributed by atoms with van der Waals surface area (Å²) in [4.78, 5) is 42.3. The van der Waals surface area contributed by atoms with Crippen LogP contribution in [0.4, 0.5) is 16.2 Å². The molecule has 2 aliphatic rings. The van der Waals surface area contributed by atoms with Crippen LogP contribution in [-0.2, 0) is 14.3 Å². The number of imide groups is 1. The van der Waals surface area contributed by atoms with Gasteiger partial charge in [0, 0.05) is 35.4 Å². The zero-order chi connectivity index (χ0) is 25.8. The second-order valence-corrected chi connectivity index (χ2v) is 10.6. The van der Waals surface area contributed by atoms with E-state index in [1.807, 2.05) is 49.4 Å². The molecule has 2 aliphatic heterocycles. The first-order valence-corrected chi connectivity index (χ1v) is 13.4. The number of carbonyl (C=O) groups excluding carboxylic acids is 3. The molecular formula is C27H25N3O5S2. The number of hydrogen-bond acceptors (Lipinski definition) is 8. The van der Waals surface area contributed by atoms with E-state index < -0.39 is 17.1 Å². The predicted octanol–water partition coefficient (Wildman–Crippen LogP) is 5.25. The topological polar surface area (TPSA) is 92.1 Å². The largest absolute Gasteiger partial charge is 0.450 e. The molecule has 190 valence electrons. The number of ether oxygens (including phenoxy) is 1. The number of amides is 3. The lowest BCUT2D eigenvalue weighted by Gasteiger charge is -2.28. The van der Waals surface area contributed by atoms with E-state index >= 15 is 0 Å². The molecular weight excluding hydrogens is 510 g/mol. The highest BCUT2D eigenvalue weighted by molar-refractivity contribution is 8.18. The van der Waals surface area contributed by atoms with Crippen molar-refractivity contribution in [1.82, 2.24) is 4.90 Å². The first kappa shape index (κ1) is 25.2. The van der Waals surface area contributed by atoms with E-state index in [4.69, 9.17) is 9.15 Å². The van der Waals surface area contributed by atoms with E-state index in [2.05, 4.69) is 10.2 Å². The van der Waals surface area contributed by atoms with Gasteiger partial charge < -0.3 is 19.4 Å². The summed E-state index contributed by atoms with van der Waals surface area (Å²) >= 11 is 2.26. The normalized spacial score (nSPS) is 17.1. The zero-order valence-electron chi connectivity index (χ0n) is 20.1. The fourth-order valence-corrected chi connectivity index (χ4v) is 5.47. The predicted molar refractivity (Wildman–Crippen MR) is 145 cm³/mol. The van der Waals surface area contributed by atoms with E-state index in [1.54, 1.807) is 18.2 Å². The minimum atomic E-state index is -0.517. The maximum Gasteiger partial charge on any atom is 0.294 e. The Morgan fingerprint density at radius 2 is 1.76 bits per heavy atom. The molecule has 0 bridgehead atoms. The van der Waals surface area contributed by atoms with Crippen molar-refractivity contribution in [2.75, 3.05) is 43.1 Å². The first-order chi connectivity index (χ1) is 17.9. The molecule has 5 rings (SSSR count). The van der Waals surface area contributed by atoms with Gasteiger partial charge in [0.25, 0.3) is 11.1 Å². The van der Waals surface area contributed by atoms with Gasteiger partial charge in [-0.05, 0) is 67.2 Å². The zero-order valence-corrected chi connectivity index (χ0v) is 21.8. The van der Waals surface area contributed by atoms with Crippen molar-refractivity contribution in [1.29, 1.82) is 0 Å². The lowest BCUT2D eigenvalue weighted by atomic mass is 10.2. The molecule has 10 heteroatoms. The molecule has 0 radical (unpaired) electrons. The molecule has 2 aromatic carbocycles. The van der Waals surface area contributed by atoms with Crippen LogP contribution in [0.15, 0.2) is 80.0 Å². The highest BCUT2D eigenvalue weighted by Crippen LogP contribution is 2.34. The van der Waals surface area contributed by atoms with Crippen molar-refractivity contribution in [3.05, 3.63) is 76.9 Å². The average Bonchev–Trinajstić information content (AvgIpc) is 3.45. The van der Waals surface area contributed by atoms with Crippen LogP contribution in [0.2, 0.25) is 0 Å². The third-order valence-electron chi connectivity index (χ3n) is 5.82. The van der Waals surface area contributed by atoms with Crippen LogP contribution in [0.5, 0.6) is 0 Å². The van der Waals surface area contributed by atoms with Gasteiger partial charge in [-0.3, -0.25) is 19.3 Å². The Kier molecular flexibility index (Phi) is 7.68. The third-order valence-corrected chi connectivity index (χ3v) is 7.65. The average molecular weight is 536 g/mol. The minimum Gasteiger partial charge on any atom is -0.450 e. The molecule has 2 fully saturated rings. The summed E-state index contributed by atoms with van der Waals surface area (Å²) in [6.45, 7) is 4.70. The van der Waals surface area contributed by atoms with Gasteiger partial charge in [0.1, 0.15) is 12.3 Å². The van der Waals surface area contributed by atoms with Crippen molar-refractivity contribution in [2.24, 2.45) is 0 Å². The smallest absolute Gasteiger partial charge is 0.294 e. The highest BCUT2D eigenvalue weighted by Gasteiger charge is 2.36. The van der Waals surface area contributed by atoms with Crippen molar-refractivity contribution in [3.63, 3.8) is 0 Å². The summed E-state index contributed by atoms with van der Waals surface area (Å²) in [5, 5.41) is 2.94. The lowest BCUT2D eigenvalue weighted by Crippen LogP contribution is -2.36. The standard InChI is InChI=1S/C27H25N3O5S2/c1-18-2-9-22(10-3-18)36-25-11-8-21(35-25)16-23-26(32)30(27(33)37-23)17-24(31)28-19-4-6-20(7-5-19)29-12-14-34-15-13-29/h2-11,16H,12-15,17H2,1H3,(H,28,31)/b23-16-. The summed E-state index contributed by atoms with van der Waals surface area (Å²) in [6.07, 6.45) is 1.53. The van der Waals surface area contributed by atoms with Crippen LogP contribution in [0.25, 0.3) is 6.08 Å². The van der Waals surface area contributed by atoms with Gasteiger partial charge in [0.15, 0.2) is 5.09 Å². The number of aryl methyl sites for hydroxylation is 1. The number of anilines is 2. The van der Waals surface area contributed by atoms with E-state index in [9.17, 15) is 14.4 Å². The molecule has 3 amide bonds. The second kappa shape index (κ2) is 11.3. The van der Waals surface area contributed by atoms with E-state index in [0.717, 1.165) is 40.3 Å². The van der Waals surface area contributed by atoms with Crippen LogP contribution in [0.3, 0.4) is 0 Å². The van der Waals surface area contributed by atoms with Crippen molar-refractivity contribution in [3.8, 4) is 0 Å². The molecule has 0 spiro atoms. The number of benzene rings is 2. The summed E-state index contributed by atoms with van der Waals surface area (Å²) in [5.41, 5.74) is 2.82. The third kappa shape index (κ3) is 6.27. The Bertz CT molecular complexity index is 1330. The van der Waals surface area contributed by atoms with Gasteiger partial charge in [0.2, 0.25) is 5.91 Å². The number of nitrogens with one attached hydrogen (secondary N) is 1. The van der Waals surface area contributed by atoms with Crippen LogP contribution >= 0.6 is 23.5 Å². The van der Waals surface area contributed by atoms with Gasteiger partial charge in [-0.25, -0.2) is 0 Å². The van der Waals surface area contributed by atoms with Gasteiger partial charge in [-0.2, -0.15) is 0 Å². The molecule has 0 saturated carbocycles. The van der Waals surface area contributed by atoms with Gasteiger partial charge >= 0.3 is 0 Å². The number of rotatable bonds is 7. The molecule has 37 heavy (non-hydrogen) atoms. The van der Waals surface area contributed by atoms with Crippen LogP contribution in [0.1, 0.15) is 11.3 Å². The van der Waals surface area contributed by atoms with Crippen molar-refractivity contribution < 1.29 is 23.5 Å². The quantitative estimate of drug-likeness (QED) is 0.410. The van der Waals surface area contributed by atoms with E-state index in [0.29, 0.717) is 29.8 Å². The number of hydrogen-bond donors (Lipinski definition) is 1. The fourth-order valence-electron chi connectivity index (χ4n) is 3.88. The summed E-state index contributed by atoms with van der Waals surface area (Å²) in [6, 6.07) is 19.1. The van der Waals surface area contributed by atoms with Crippen LogP contribution in [-0.4, -0.2) is 54.8 Å². The van der Waals surface area contributed by atoms with E-state index in [-0.39, 0.29) is 11.4 Å². The van der Waals surface area contributed by atoms with Crippen LogP contribution in [0, 0.1) is 6.92 Å². The Balaban J connectivity index is 1.17. The molecule has 2 saturated heterocycles. The monoisotopic (exact) mass is 535 g/mol. The highest BCUT2D eigenvalue weighted by atomic mass is 32.2. The Morgan fingerprint density at radius 1 is 1.03 bits per heavy atom. The number of carbonyl (C=O) groups is 3. The van der Waals surface area contributed by atoms with E-state index in [1.165, 1.54) is 23.4 Å². The molecule has 0 atom stereocenters. The lowest BCUT2D eigenvalue weighted by molar-refractivity contribution is -0.127. The van der Waals surface area contributed by atoms with Gasteiger partial charge in [-0.1, -0.05) is 29.5 Å². The molecule has 3 heterocycles. The SMILES string of the molecule is Cc1ccc(Sc2ccc(/C=C3\SC(=O)N(CC(=O)Nc4ccc(N5CCOCC5)cc4)C3=O)o2)cc1. The minimum absolute atomic E-state index is 0.217. The first-order valence-electron chi connectivity index (χ1n) is 11.8. The van der Waals surface area contributed by atoms with Crippen molar-refractivity contribution >= 4 is 58.0 Å². The van der Waals surface area contributed by atoms with Gasteiger partial charge in [0.05, 0.1) is 18.1 Å². The second-order valence-electron chi connectivity index (χ2n) is 8.53. The molecule has 3 aromatic rings. The fraction of sp³-hybridized carbons (Fsp3) is 0.222. The molecule has 8 nitrogen and oxygen atoms in total. The number of nitrogens with zero attached hydrogens (tertiary/aromatic N) is 2. The maximum atomic E-state index is 12.8. The number of morpholine rings is 1. The summed E-state index contributed by atoms with van der Waals surface area (Å²) in [5.74, 6) is -0.501. The summed E-state index contributed by atoms with van der Waals surface area (Å²) in [7, 11) is 0. The molecule has 1 aromatic heterocycles. The molecule has 0 aliphatic carbocycles. The van der Waals surface area contributed by atoms with Crippen LogP contribution < -0.4 is 10.2 Å². The number of thioether (sulfide) groups is 1. The Hall–Kier alpha value is -3.47. The molecule has 0 unspecified atom stereocenters. The Labute approximate surface area is 223 Å². The maximum absolute atomic E-state index is 12.8. The molecule has 1 N–H and O–H groups in total. The van der Waals surface area contributed by atoms with Crippen molar-refractivity contribution in [2.45, 2.75) is 16.9 Å². The Morgan fingerprint density at radius 3 is 2.49 bits per heavy atom. The summed E-state index contributed by atoms with van der Waals surface area (Å²) < 4.78 is 11.2. The number of furan rings is 1.